The summed E-state index contributed by atoms with van der Waals surface area (Å²) in [4.78, 5) is 0. The maximum atomic E-state index is 3.39. The minimum absolute atomic E-state index is 1.10. The van der Waals surface area contributed by atoms with Crippen molar-refractivity contribution in [2.75, 3.05) is 39.3 Å². The van der Waals surface area contributed by atoms with Gasteiger partial charge >= 0.3 is 0 Å². The Bertz CT molecular complexity index is 47.4. The van der Waals surface area contributed by atoms with Gasteiger partial charge in [-0.3, -0.25) is 0 Å². The van der Waals surface area contributed by atoms with Crippen LogP contribution >= 0.6 is 0 Å². The molecule has 1 heterocycles. The van der Waals surface area contributed by atoms with Gasteiger partial charge in [-0.2, -0.15) is 0 Å². The van der Waals surface area contributed by atoms with Crippen LogP contribution < -0.4 is 16.0 Å². The third-order valence-electron chi connectivity index (χ3n) is 1.91. The van der Waals surface area contributed by atoms with Gasteiger partial charge in [-0.15, -0.1) is 0 Å². The normalized spacial score (nSPS) is 24.0. The summed E-state index contributed by atoms with van der Waals surface area (Å²) < 4.78 is 0. The standard InChI is InChI=1S/C8H19N3/c1-2-4-10-6-8-11-7-5-9-3-1/h9-11H,1-8H2. The van der Waals surface area contributed by atoms with Gasteiger partial charge in [0.1, 0.15) is 0 Å². The van der Waals surface area contributed by atoms with E-state index in [1.165, 1.54) is 25.9 Å². The molecule has 0 radical (unpaired) electrons. The predicted octanol–water partition coefficient (Wildman–Crippen LogP) is -0.451. The van der Waals surface area contributed by atoms with Crippen LogP contribution in [0.1, 0.15) is 12.8 Å². The molecule has 0 saturated carbocycles. The molecule has 0 bridgehead atoms. The molecule has 1 aliphatic rings. The number of rotatable bonds is 0. The molecule has 0 aromatic heterocycles. The van der Waals surface area contributed by atoms with E-state index in [0.29, 0.717) is 0 Å². The quantitative estimate of drug-likeness (QED) is 0.446. The van der Waals surface area contributed by atoms with Gasteiger partial charge in [-0.05, 0) is 25.9 Å². The Morgan fingerprint density at radius 2 is 0.818 bits per heavy atom. The molecule has 0 amide bonds. The van der Waals surface area contributed by atoms with Crippen LogP contribution in [-0.4, -0.2) is 39.3 Å². The molecular weight excluding hydrogens is 138 g/mol. The SMILES string of the molecule is C1CCNCCNCCNC1. The first-order valence-corrected chi connectivity index (χ1v) is 4.62. The second-order valence-electron chi connectivity index (χ2n) is 2.96. The number of nitrogens with one attached hydrogen (secondary N) is 3. The molecule has 1 saturated heterocycles. The average Bonchev–Trinajstić information content (AvgIpc) is 2.08. The van der Waals surface area contributed by atoms with E-state index in [9.17, 15) is 0 Å². The molecule has 11 heavy (non-hydrogen) atoms. The Morgan fingerprint density at radius 1 is 0.455 bits per heavy atom. The van der Waals surface area contributed by atoms with Crippen molar-refractivity contribution >= 4 is 0 Å². The fourth-order valence-corrected chi connectivity index (χ4v) is 1.23. The Hall–Kier alpha value is -0.120. The second kappa shape index (κ2) is 6.58. The maximum Gasteiger partial charge on any atom is 0.00772 e. The van der Waals surface area contributed by atoms with Crippen molar-refractivity contribution < 1.29 is 0 Å². The zero-order valence-corrected chi connectivity index (χ0v) is 7.16. The fraction of sp³-hybridized carbons (Fsp3) is 1.00. The van der Waals surface area contributed by atoms with Gasteiger partial charge < -0.3 is 16.0 Å². The minimum Gasteiger partial charge on any atom is -0.315 e. The lowest BCUT2D eigenvalue weighted by Crippen LogP contribution is -2.31. The molecule has 0 atom stereocenters. The highest BCUT2D eigenvalue weighted by Gasteiger charge is 1.92. The van der Waals surface area contributed by atoms with Gasteiger partial charge in [0.05, 0.1) is 0 Å². The van der Waals surface area contributed by atoms with E-state index in [-0.39, 0.29) is 0 Å². The Balaban J connectivity index is 2.02. The molecule has 3 N–H and O–H groups in total. The van der Waals surface area contributed by atoms with E-state index in [4.69, 9.17) is 0 Å². The van der Waals surface area contributed by atoms with Gasteiger partial charge in [0.2, 0.25) is 0 Å². The van der Waals surface area contributed by atoms with Crippen molar-refractivity contribution in [1.29, 1.82) is 0 Å². The summed E-state index contributed by atoms with van der Waals surface area (Å²) >= 11 is 0. The summed E-state index contributed by atoms with van der Waals surface area (Å²) in [6.07, 6.45) is 2.60. The summed E-state index contributed by atoms with van der Waals surface area (Å²) in [5, 5.41) is 10.1. The number of hydrogen-bond donors (Lipinski definition) is 3. The van der Waals surface area contributed by atoms with Crippen molar-refractivity contribution in [3.63, 3.8) is 0 Å². The fourth-order valence-electron chi connectivity index (χ4n) is 1.23. The average molecular weight is 157 g/mol. The van der Waals surface area contributed by atoms with Gasteiger partial charge in [0.25, 0.3) is 0 Å². The summed E-state index contributed by atoms with van der Waals surface area (Å²) in [5.41, 5.74) is 0. The molecule has 3 nitrogen and oxygen atoms in total. The van der Waals surface area contributed by atoms with Crippen molar-refractivity contribution in [3.05, 3.63) is 0 Å². The zero-order valence-electron chi connectivity index (χ0n) is 7.16. The van der Waals surface area contributed by atoms with Crippen LogP contribution in [0, 0.1) is 0 Å². The van der Waals surface area contributed by atoms with Crippen LogP contribution in [0.3, 0.4) is 0 Å². The molecule has 3 heteroatoms. The van der Waals surface area contributed by atoms with E-state index >= 15 is 0 Å². The first-order valence-electron chi connectivity index (χ1n) is 4.62. The van der Waals surface area contributed by atoms with Crippen LogP contribution in [0.5, 0.6) is 0 Å². The van der Waals surface area contributed by atoms with Gasteiger partial charge in [0, 0.05) is 26.2 Å². The first-order chi connectivity index (χ1) is 5.50. The predicted molar refractivity (Wildman–Crippen MR) is 47.8 cm³/mol. The van der Waals surface area contributed by atoms with Crippen LogP contribution in [-0.2, 0) is 0 Å². The highest BCUT2D eigenvalue weighted by molar-refractivity contribution is 4.58. The summed E-state index contributed by atoms with van der Waals surface area (Å²) in [7, 11) is 0. The zero-order chi connectivity index (χ0) is 7.78. The van der Waals surface area contributed by atoms with E-state index in [1.807, 2.05) is 0 Å². The van der Waals surface area contributed by atoms with E-state index < -0.39 is 0 Å². The Labute approximate surface area is 68.9 Å². The molecule has 1 rings (SSSR count). The summed E-state index contributed by atoms with van der Waals surface area (Å²) in [5.74, 6) is 0. The minimum atomic E-state index is 1.10. The van der Waals surface area contributed by atoms with E-state index in [0.717, 1.165) is 26.2 Å². The lowest BCUT2D eigenvalue weighted by atomic mass is 10.3. The third-order valence-corrected chi connectivity index (χ3v) is 1.91. The molecular formula is C8H19N3. The van der Waals surface area contributed by atoms with E-state index in [2.05, 4.69) is 16.0 Å². The smallest absolute Gasteiger partial charge is 0.00772 e. The molecule has 0 spiro atoms. The molecule has 0 unspecified atom stereocenters. The van der Waals surface area contributed by atoms with Crippen LogP contribution in [0.15, 0.2) is 0 Å². The highest BCUT2D eigenvalue weighted by atomic mass is 15.0. The molecule has 0 aromatic rings. The lowest BCUT2D eigenvalue weighted by Gasteiger charge is -2.03. The molecule has 1 fully saturated rings. The highest BCUT2D eigenvalue weighted by Crippen LogP contribution is 1.84. The van der Waals surface area contributed by atoms with Crippen molar-refractivity contribution in [1.82, 2.24) is 16.0 Å². The van der Waals surface area contributed by atoms with Crippen LogP contribution in [0.25, 0.3) is 0 Å². The van der Waals surface area contributed by atoms with Gasteiger partial charge in [-0.25, -0.2) is 0 Å². The third kappa shape index (κ3) is 5.18. The first kappa shape index (κ1) is 8.97. The molecule has 66 valence electrons. The Kier molecular flexibility index (Phi) is 5.37. The van der Waals surface area contributed by atoms with Crippen LogP contribution in [0.4, 0.5) is 0 Å². The second-order valence-corrected chi connectivity index (χ2v) is 2.96. The Morgan fingerprint density at radius 3 is 1.27 bits per heavy atom. The van der Waals surface area contributed by atoms with Gasteiger partial charge in [-0.1, -0.05) is 0 Å². The summed E-state index contributed by atoms with van der Waals surface area (Å²) in [6, 6.07) is 0. The number of hydrogen-bond acceptors (Lipinski definition) is 3. The maximum absolute atomic E-state index is 3.39. The topological polar surface area (TPSA) is 36.1 Å². The summed E-state index contributed by atoms with van der Waals surface area (Å²) in [6.45, 7) is 6.76. The largest absolute Gasteiger partial charge is 0.315 e. The molecule has 0 aromatic carbocycles. The van der Waals surface area contributed by atoms with Crippen molar-refractivity contribution in [3.8, 4) is 0 Å². The van der Waals surface area contributed by atoms with Gasteiger partial charge in [0.15, 0.2) is 0 Å². The molecule has 0 aliphatic carbocycles. The van der Waals surface area contributed by atoms with E-state index in [1.54, 1.807) is 0 Å². The van der Waals surface area contributed by atoms with Crippen molar-refractivity contribution in [2.24, 2.45) is 0 Å². The monoisotopic (exact) mass is 157 g/mol. The molecule has 1 aliphatic heterocycles. The van der Waals surface area contributed by atoms with Crippen molar-refractivity contribution in [2.45, 2.75) is 12.8 Å². The lowest BCUT2D eigenvalue weighted by molar-refractivity contribution is 0.608. The van der Waals surface area contributed by atoms with Crippen LogP contribution in [0.2, 0.25) is 0 Å².